The molecule has 1 aliphatic heterocycles. The minimum atomic E-state index is -1.87. The maximum atomic E-state index is 12.5. The molecule has 0 saturated heterocycles. The van der Waals surface area contributed by atoms with Crippen LogP contribution in [-0.2, 0) is 19.1 Å². The summed E-state index contributed by atoms with van der Waals surface area (Å²) in [7, 11) is 0. The quantitative estimate of drug-likeness (QED) is 0.720. The number of ether oxygens (including phenoxy) is 1. The molecule has 0 spiro atoms. The van der Waals surface area contributed by atoms with Crippen molar-refractivity contribution >= 4 is 35.3 Å². The highest BCUT2D eigenvalue weighted by Crippen LogP contribution is 2.37. The molecular weight excluding hydrogens is 310 g/mol. The van der Waals surface area contributed by atoms with Crippen LogP contribution in [0.15, 0.2) is 41.8 Å². The van der Waals surface area contributed by atoms with E-state index in [2.05, 4.69) is 5.32 Å². The third kappa shape index (κ3) is 3.29. The number of carboxylic acid groups (broad SMARTS) is 2. The molecule has 0 saturated carbocycles. The standard InChI is InChI=1S/C14H13NO6S/c16-10(17)8-21-14(6-7-22-11(14)12(18)19)13(20)15-9-4-2-1-3-5-9/h1-7,11H,8H2,(H,15,20)(H,16,17)(H,18,19). The van der Waals surface area contributed by atoms with Crippen LogP contribution in [0.1, 0.15) is 0 Å². The molecule has 1 aliphatic rings. The normalized spacial score (nSPS) is 23.2. The summed E-state index contributed by atoms with van der Waals surface area (Å²) in [5.41, 5.74) is -1.41. The molecule has 1 aromatic carbocycles. The lowest BCUT2D eigenvalue weighted by Crippen LogP contribution is -2.53. The number of amides is 1. The molecule has 2 atom stereocenters. The molecule has 1 aromatic rings. The van der Waals surface area contributed by atoms with Crippen molar-refractivity contribution in [2.24, 2.45) is 0 Å². The highest BCUT2D eigenvalue weighted by atomic mass is 32.2. The van der Waals surface area contributed by atoms with E-state index in [0.29, 0.717) is 5.69 Å². The molecule has 7 nitrogen and oxygen atoms in total. The lowest BCUT2D eigenvalue weighted by Gasteiger charge is -2.29. The summed E-state index contributed by atoms with van der Waals surface area (Å²) >= 11 is 0.889. The van der Waals surface area contributed by atoms with Gasteiger partial charge < -0.3 is 20.3 Å². The van der Waals surface area contributed by atoms with Crippen LogP contribution in [0.3, 0.4) is 0 Å². The van der Waals surface area contributed by atoms with Crippen molar-refractivity contribution in [1.29, 1.82) is 0 Å². The smallest absolute Gasteiger partial charge is 0.329 e. The van der Waals surface area contributed by atoms with E-state index in [4.69, 9.17) is 9.84 Å². The second-order valence-electron chi connectivity index (χ2n) is 4.45. The topological polar surface area (TPSA) is 113 Å². The number of carbonyl (C=O) groups excluding carboxylic acids is 1. The number of carbonyl (C=O) groups is 3. The van der Waals surface area contributed by atoms with Crippen LogP contribution in [-0.4, -0.2) is 45.5 Å². The summed E-state index contributed by atoms with van der Waals surface area (Å²) in [5.74, 6) is -3.28. The number of aliphatic carboxylic acids is 2. The average molecular weight is 323 g/mol. The Kier molecular flexibility index (Phi) is 4.84. The van der Waals surface area contributed by atoms with Gasteiger partial charge in [0, 0.05) is 5.69 Å². The number of rotatable bonds is 6. The number of para-hydroxylation sites is 1. The third-order valence-corrected chi connectivity index (χ3v) is 4.08. The summed E-state index contributed by atoms with van der Waals surface area (Å²) in [6, 6.07) is 8.43. The third-order valence-electron chi connectivity index (χ3n) is 2.97. The van der Waals surface area contributed by atoms with E-state index in [1.165, 1.54) is 11.5 Å². The molecule has 0 aliphatic carbocycles. The molecule has 0 fully saturated rings. The lowest BCUT2D eigenvalue weighted by molar-refractivity contribution is -0.157. The van der Waals surface area contributed by atoms with Crippen molar-refractivity contribution in [1.82, 2.24) is 0 Å². The van der Waals surface area contributed by atoms with E-state index in [0.717, 1.165) is 11.8 Å². The minimum absolute atomic E-state index is 0.459. The van der Waals surface area contributed by atoms with Gasteiger partial charge >= 0.3 is 11.9 Å². The summed E-state index contributed by atoms with van der Waals surface area (Å²) in [6.07, 6.45) is 1.28. The zero-order chi connectivity index (χ0) is 16.2. The Balaban J connectivity index is 2.27. The second-order valence-corrected chi connectivity index (χ2v) is 5.47. The van der Waals surface area contributed by atoms with E-state index >= 15 is 0 Å². The van der Waals surface area contributed by atoms with E-state index in [-0.39, 0.29) is 0 Å². The van der Waals surface area contributed by atoms with Gasteiger partial charge in [0.1, 0.15) is 11.9 Å². The summed E-state index contributed by atoms with van der Waals surface area (Å²) < 4.78 is 5.16. The molecule has 0 bridgehead atoms. The Bertz CT molecular complexity index is 617. The van der Waals surface area contributed by atoms with Crippen LogP contribution in [0.25, 0.3) is 0 Å². The summed E-state index contributed by atoms with van der Waals surface area (Å²) in [6.45, 7) is -0.781. The Labute approximate surface area is 130 Å². The average Bonchev–Trinajstić information content (AvgIpc) is 2.91. The number of benzene rings is 1. The van der Waals surface area contributed by atoms with Crippen molar-refractivity contribution in [3.8, 4) is 0 Å². The maximum absolute atomic E-state index is 12.5. The predicted molar refractivity (Wildman–Crippen MR) is 79.5 cm³/mol. The first-order valence-corrected chi connectivity index (χ1v) is 7.18. The second kappa shape index (κ2) is 6.63. The SMILES string of the molecule is O=C(O)COC1(C(=O)Nc2ccccc2)C=CSC1C(=O)O. The van der Waals surface area contributed by atoms with E-state index < -0.39 is 35.3 Å². The summed E-state index contributed by atoms with van der Waals surface area (Å²) in [4.78, 5) is 34.6. The highest BCUT2D eigenvalue weighted by molar-refractivity contribution is 8.03. The van der Waals surface area contributed by atoms with Crippen LogP contribution in [0.5, 0.6) is 0 Å². The first kappa shape index (κ1) is 16.1. The van der Waals surface area contributed by atoms with Crippen molar-refractivity contribution in [2.75, 3.05) is 11.9 Å². The van der Waals surface area contributed by atoms with Gasteiger partial charge in [-0.05, 0) is 23.6 Å². The monoisotopic (exact) mass is 323 g/mol. The van der Waals surface area contributed by atoms with Crippen molar-refractivity contribution in [3.05, 3.63) is 41.8 Å². The zero-order valence-corrected chi connectivity index (χ0v) is 12.1. The summed E-state index contributed by atoms with van der Waals surface area (Å²) in [5, 5.41) is 20.7. The fraction of sp³-hybridized carbons (Fsp3) is 0.214. The van der Waals surface area contributed by atoms with E-state index in [9.17, 15) is 19.5 Å². The molecule has 1 heterocycles. The first-order chi connectivity index (χ1) is 10.5. The van der Waals surface area contributed by atoms with Crippen molar-refractivity contribution in [2.45, 2.75) is 10.9 Å². The largest absolute Gasteiger partial charge is 0.480 e. The van der Waals surface area contributed by atoms with Crippen molar-refractivity contribution < 1.29 is 29.3 Å². The fourth-order valence-corrected chi connectivity index (χ4v) is 2.97. The number of hydrogen-bond acceptors (Lipinski definition) is 5. The molecule has 0 aromatic heterocycles. The molecule has 2 rings (SSSR count). The fourth-order valence-electron chi connectivity index (χ4n) is 1.96. The molecule has 22 heavy (non-hydrogen) atoms. The molecule has 1 amide bonds. The van der Waals surface area contributed by atoms with Gasteiger partial charge in [0.15, 0.2) is 5.60 Å². The Morgan fingerprint density at radius 3 is 2.50 bits per heavy atom. The molecule has 8 heteroatoms. The number of anilines is 1. The number of hydrogen-bond donors (Lipinski definition) is 3. The van der Waals surface area contributed by atoms with Gasteiger partial charge in [0.25, 0.3) is 5.91 Å². The van der Waals surface area contributed by atoms with Gasteiger partial charge in [-0.3, -0.25) is 9.59 Å². The maximum Gasteiger partial charge on any atom is 0.329 e. The number of nitrogens with one attached hydrogen (secondary N) is 1. The van der Waals surface area contributed by atoms with Gasteiger partial charge in [0.2, 0.25) is 0 Å². The Hall–Kier alpha value is -2.32. The molecule has 3 N–H and O–H groups in total. The number of thioether (sulfide) groups is 1. The van der Waals surface area contributed by atoms with Crippen LogP contribution in [0.4, 0.5) is 5.69 Å². The number of carboxylic acids is 2. The van der Waals surface area contributed by atoms with E-state index in [1.807, 2.05) is 0 Å². The van der Waals surface area contributed by atoms with Gasteiger partial charge in [0.05, 0.1) is 0 Å². The van der Waals surface area contributed by atoms with E-state index in [1.54, 1.807) is 30.3 Å². The lowest BCUT2D eigenvalue weighted by atomic mass is 9.97. The van der Waals surface area contributed by atoms with Gasteiger partial charge in [-0.15, -0.1) is 11.8 Å². The van der Waals surface area contributed by atoms with Crippen LogP contribution < -0.4 is 5.32 Å². The molecular formula is C14H13NO6S. The van der Waals surface area contributed by atoms with Crippen LogP contribution in [0.2, 0.25) is 0 Å². The predicted octanol–water partition coefficient (Wildman–Crippen LogP) is 1.18. The Morgan fingerprint density at radius 2 is 1.91 bits per heavy atom. The molecule has 0 radical (unpaired) electrons. The Morgan fingerprint density at radius 1 is 1.23 bits per heavy atom. The van der Waals surface area contributed by atoms with Crippen LogP contribution in [0, 0.1) is 0 Å². The zero-order valence-electron chi connectivity index (χ0n) is 11.3. The van der Waals surface area contributed by atoms with Gasteiger partial charge in [-0.25, -0.2) is 4.79 Å². The highest BCUT2D eigenvalue weighted by Gasteiger charge is 2.52. The van der Waals surface area contributed by atoms with Crippen LogP contribution >= 0.6 is 11.8 Å². The minimum Gasteiger partial charge on any atom is -0.480 e. The first-order valence-electron chi connectivity index (χ1n) is 6.24. The van der Waals surface area contributed by atoms with Gasteiger partial charge in [-0.1, -0.05) is 18.2 Å². The molecule has 116 valence electrons. The molecule has 2 unspecified atom stereocenters. The van der Waals surface area contributed by atoms with Gasteiger partial charge in [-0.2, -0.15) is 0 Å². The van der Waals surface area contributed by atoms with Crippen molar-refractivity contribution in [3.63, 3.8) is 0 Å².